The van der Waals surface area contributed by atoms with E-state index in [4.69, 9.17) is 0 Å². The third-order valence-electron chi connectivity index (χ3n) is 2.60. The molecule has 17 heavy (non-hydrogen) atoms. The van der Waals surface area contributed by atoms with Crippen molar-refractivity contribution in [2.45, 2.75) is 19.4 Å². The Kier molecular flexibility index (Phi) is 3.53. The standard InChI is InChI=1S/C11H18N6/c1-4-12-10(11-7-16(2)8-13-11)5-9-6-17(3)15-14-9/h6-8,10,12H,4-5H2,1-3H3. The maximum atomic E-state index is 4.38. The minimum absolute atomic E-state index is 0.193. The van der Waals surface area contributed by atoms with Crippen molar-refractivity contribution >= 4 is 0 Å². The van der Waals surface area contributed by atoms with Gasteiger partial charge in [0, 0.05) is 32.9 Å². The second-order valence-corrected chi connectivity index (χ2v) is 4.16. The first kappa shape index (κ1) is 11.8. The number of rotatable bonds is 5. The van der Waals surface area contributed by atoms with Crippen LogP contribution in [0.4, 0.5) is 0 Å². The Balaban J connectivity index is 2.12. The molecule has 0 bridgehead atoms. The van der Waals surface area contributed by atoms with Gasteiger partial charge in [-0.2, -0.15) is 0 Å². The lowest BCUT2D eigenvalue weighted by molar-refractivity contribution is 0.532. The van der Waals surface area contributed by atoms with Crippen LogP contribution in [0.1, 0.15) is 24.4 Å². The quantitative estimate of drug-likeness (QED) is 0.815. The number of aryl methyl sites for hydroxylation is 2. The second kappa shape index (κ2) is 5.09. The number of hydrogen-bond donors (Lipinski definition) is 1. The Morgan fingerprint density at radius 3 is 2.71 bits per heavy atom. The van der Waals surface area contributed by atoms with Gasteiger partial charge >= 0.3 is 0 Å². The molecule has 2 rings (SSSR count). The van der Waals surface area contributed by atoms with Gasteiger partial charge in [0.15, 0.2) is 0 Å². The number of imidazole rings is 1. The van der Waals surface area contributed by atoms with Crippen LogP contribution in [0.2, 0.25) is 0 Å². The highest BCUT2D eigenvalue weighted by atomic mass is 15.4. The van der Waals surface area contributed by atoms with Crippen molar-refractivity contribution in [1.29, 1.82) is 0 Å². The van der Waals surface area contributed by atoms with E-state index in [1.807, 2.05) is 37.4 Å². The molecule has 1 N–H and O–H groups in total. The largest absolute Gasteiger partial charge is 0.340 e. The third kappa shape index (κ3) is 2.91. The summed E-state index contributed by atoms with van der Waals surface area (Å²) in [6, 6.07) is 0.193. The summed E-state index contributed by atoms with van der Waals surface area (Å²) >= 11 is 0. The van der Waals surface area contributed by atoms with Gasteiger partial charge in [-0.1, -0.05) is 12.1 Å². The molecule has 0 aromatic carbocycles. The highest BCUT2D eigenvalue weighted by molar-refractivity contribution is 5.08. The molecule has 2 heterocycles. The minimum Gasteiger partial charge on any atom is -0.340 e. The van der Waals surface area contributed by atoms with E-state index in [0.29, 0.717) is 0 Å². The molecular formula is C11H18N6. The summed E-state index contributed by atoms with van der Waals surface area (Å²) in [5, 5.41) is 11.5. The lowest BCUT2D eigenvalue weighted by atomic mass is 10.1. The Morgan fingerprint density at radius 1 is 1.35 bits per heavy atom. The van der Waals surface area contributed by atoms with Crippen LogP contribution in [0.15, 0.2) is 18.7 Å². The summed E-state index contributed by atoms with van der Waals surface area (Å²) in [4.78, 5) is 4.38. The van der Waals surface area contributed by atoms with Crippen molar-refractivity contribution in [3.05, 3.63) is 30.1 Å². The fourth-order valence-electron chi connectivity index (χ4n) is 1.84. The molecule has 0 aliphatic carbocycles. The van der Waals surface area contributed by atoms with E-state index in [2.05, 4.69) is 27.5 Å². The molecule has 0 spiro atoms. The van der Waals surface area contributed by atoms with Gasteiger partial charge in [-0.25, -0.2) is 4.98 Å². The number of aromatic nitrogens is 5. The molecule has 92 valence electrons. The lowest BCUT2D eigenvalue weighted by Crippen LogP contribution is -2.23. The predicted molar refractivity (Wildman–Crippen MR) is 64.3 cm³/mol. The maximum Gasteiger partial charge on any atom is 0.0947 e. The van der Waals surface area contributed by atoms with Crippen LogP contribution in [-0.2, 0) is 20.5 Å². The molecule has 0 radical (unpaired) electrons. The number of likely N-dealkylation sites (N-methyl/N-ethyl adjacent to an activating group) is 1. The van der Waals surface area contributed by atoms with E-state index >= 15 is 0 Å². The zero-order valence-electron chi connectivity index (χ0n) is 10.5. The number of nitrogens with one attached hydrogen (secondary N) is 1. The van der Waals surface area contributed by atoms with Crippen molar-refractivity contribution in [3.63, 3.8) is 0 Å². The number of hydrogen-bond acceptors (Lipinski definition) is 4. The molecule has 0 amide bonds. The van der Waals surface area contributed by atoms with Crippen LogP contribution in [0.3, 0.4) is 0 Å². The zero-order valence-corrected chi connectivity index (χ0v) is 10.5. The summed E-state index contributed by atoms with van der Waals surface area (Å²) in [6.45, 7) is 2.99. The van der Waals surface area contributed by atoms with Crippen LogP contribution in [0, 0.1) is 0 Å². The average Bonchev–Trinajstić information content (AvgIpc) is 2.87. The van der Waals surface area contributed by atoms with E-state index in [0.717, 1.165) is 24.4 Å². The maximum absolute atomic E-state index is 4.38. The first-order valence-corrected chi connectivity index (χ1v) is 5.75. The molecule has 0 fully saturated rings. The van der Waals surface area contributed by atoms with Gasteiger partial charge < -0.3 is 9.88 Å². The summed E-state index contributed by atoms with van der Waals surface area (Å²) in [5.74, 6) is 0. The van der Waals surface area contributed by atoms with Crippen molar-refractivity contribution in [1.82, 2.24) is 29.9 Å². The first-order chi connectivity index (χ1) is 8.19. The molecule has 6 heteroatoms. The summed E-state index contributed by atoms with van der Waals surface area (Å²) in [5.41, 5.74) is 2.02. The van der Waals surface area contributed by atoms with E-state index in [1.54, 1.807) is 4.68 Å². The molecule has 0 aliphatic rings. The molecule has 2 aromatic rings. The van der Waals surface area contributed by atoms with Crippen molar-refractivity contribution in [2.75, 3.05) is 6.54 Å². The van der Waals surface area contributed by atoms with Crippen molar-refractivity contribution < 1.29 is 0 Å². The van der Waals surface area contributed by atoms with Gasteiger partial charge in [-0.05, 0) is 6.54 Å². The zero-order chi connectivity index (χ0) is 12.3. The fraction of sp³-hybridized carbons (Fsp3) is 0.545. The summed E-state index contributed by atoms with van der Waals surface area (Å²) in [7, 11) is 3.85. The van der Waals surface area contributed by atoms with E-state index < -0.39 is 0 Å². The van der Waals surface area contributed by atoms with Crippen LogP contribution in [-0.4, -0.2) is 31.1 Å². The smallest absolute Gasteiger partial charge is 0.0947 e. The molecule has 0 aliphatic heterocycles. The fourth-order valence-corrected chi connectivity index (χ4v) is 1.84. The minimum atomic E-state index is 0.193. The monoisotopic (exact) mass is 234 g/mol. The first-order valence-electron chi connectivity index (χ1n) is 5.75. The highest BCUT2D eigenvalue weighted by Gasteiger charge is 2.15. The van der Waals surface area contributed by atoms with Crippen molar-refractivity contribution in [3.8, 4) is 0 Å². The topological polar surface area (TPSA) is 60.6 Å². The molecule has 1 unspecified atom stereocenters. The third-order valence-corrected chi connectivity index (χ3v) is 2.60. The van der Waals surface area contributed by atoms with Gasteiger partial charge in [0.05, 0.1) is 23.8 Å². The second-order valence-electron chi connectivity index (χ2n) is 4.16. The summed E-state index contributed by atoms with van der Waals surface area (Å²) in [6.07, 6.45) is 6.59. The highest BCUT2D eigenvalue weighted by Crippen LogP contribution is 2.14. The van der Waals surface area contributed by atoms with Gasteiger partial charge in [-0.3, -0.25) is 4.68 Å². The van der Waals surface area contributed by atoms with Crippen LogP contribution in [0.25, 0.3) is 0 Å². The Hall–Kier alpha value is -1.69. The summed E-state index contributed by atoms with van der Waals surface area (Å²) < 4.78 is 3.67. The van der Waals surface area contributed by atoms with Crippen molar-refractivity contribution in [2.24, 2.45) is 14.1 Å². The number of nitrogens with zero attached hydrogens (tertiary/aromatic N) is 5. The molecule has 6 nitrogen and oxygen atoms in total. The van der Waals surface area contributed by atoms with E-state index in [1.165, 1.54) is 0 Å². The Morgan fingerprint density at radius 2 is 2.18 bits per heavy atom. The van der Waals surface area contributed by atoms with Gasteiger partial charge in [-0.15, -0.1) is 5.10 Å². The SMILES string of the molecule is CCNC(Cc1cn(C)nn1)c1cn(C)cn1. The van der Waals surface area contributed by atoms with Gasteiger partial charge in [0.25, 0.3) is 0 Å². The predicted octanol–water partition coefficient (Wildman–Crippen LogP) is 0.442. The molecular weight excluding hydrogens is 216 g/mol. The Labute approximate surface area is 101 Å². The van der Waals surface area contributed by atoms with Crippen LogP contribution in [0.5, 0.6) is 0 Å². The lowest BCUT2D eigenvalue weighted by Gasteiger charge is -2.13. The molecule has 0 saturated heterocycles. The van der Waals surface area contributed by atoms with Gasteiger partial charge in [0.1, 0.15) is 0 Å². The molecule has 0 saturated carbocycles. The van der Waals surface area contributed by atoms with E-state index in [-0.39, 0.29) is 6.04 Å². The van der Waals surface area contributed by atoms with Gasteiger partial charge in [0.2, 0.25) is 0 Å². The van der Waals surface area contributed by atoms with Crippen LogP contribution < -0.4 is 5.32 Å². The van der Waals surface area contributed by atoms with Crippen LogP contribution >= 0.6 is 0 Å². The molecule has 1 atom stereocenters. The normalized spacial score (nSPS) is 12.9. The molecule has 2 aromatic heterocycles. The Bertz CT molecular complexity index is 472. The average molecular weight is 234 g/mol. The van der Waals surface area contributed by atoms with E-state index in [9.17, 15) is 0 Å².